The number of carbonyl (C=O) groups excluding carboxylic acids is 2. The number of pyridine rings is 1. The fraction of sp³-hybridized carbons (Fsp3) is 0.417. The Hall–Kier alpha value is -3.30. The number of ether oxygens (including phenoxy) is 1. The van der Waals surface area contributed by atoms with Crippen molar-refractivity contribution in [2.45, 2.75) is 38.8 Å². The molecule has 2 amide bonds. The first-order valence-electron chi connectivity index (χ1n) is 11.3. The van der Waals surface area contributed by atoms with Gasteiger partial charge in [0, 0.05) is 45.1 Å². The maximum atomic E-state index is 12.9. The number of amides is 2. The lowest BCUT2D eigenvalue weighted by Crippen LogP contribution is -2.35. The highest BCUT2D eigenvalue weighted by atomic mass is 16.5. The molecular formula is C24H29N5O4. The topological polar surface area (TPSA) is 110 Å². The zero-order chi connectivity index (χ0) is 23.2. The summed E-state index contributed by atoms with van der Waals surface area (Å²) in [5, 5.41) is 12.2. The number of rotatable bonds is 8. The second-order valence-corrected chi connectivity index (χ2v) is 8.17. The smallest absolute Gasteiger partial charge is 0.257 e. The van der Waals surface area contributed by atoms with Gasteiger partial charge < -0.3 is 14.7 Å². The van der Waals surface area contributed by atoms with Gasteiger partial charge in [-0.05, 0) is 49.4 Å². The van der Waals surface area contributed by atoms with Gasteiger partial charge >= 0.3 is 0 Å². The normalized spacial score (nSPS) is 13.9. The van der Waals surface area contributed by atoms with Crippen molar-refractivity contribution in [3.8, 4) is 0 Å². The zero-order valence-electron chi connectivity index (χ0n) is 18.8. The van der Waals surface area contributed by atoms with Crippen molar-refractivity contribution in [2.24, 2.45) is 0 Å². The molecule has 1 saturated heterocycles. The summed E-state index contributed by atoms with van der Waals surface area (Å²) < 4.78 is 7.00. The lowest BCUT2D eigenvalue weighted by atomic mass is 10.1. The molecule has 2 N–H and O–H groups in total. The highest BCUT2D eigenvalue weighted by Gasteiger charge is 2.21. The molecule has 3 heterocycles. The van der Waals surface area contributed by atoms with Crippen LogP contribution in [0.25, 0.3) is 11.2 Å². The van der Waals surface area contributed by atoms with Crippen LogP contribution in [0, 0.1) is 0 Å². The minimum absolute atomic E-state index is 0.0376. The average Bonchev–Trinajstić information content (AvgIpc) is 3.20. The van der Waals surface area contributed by atoms with Crippen LogP contribution in [0.5, 0.6) is 0 Å². The van der Waals surface area contributed by atoms with Crippen molar-refractivity contribution >= 4 is 28.9 Å². The van der Waals surface area contributed by atoms with E-state index in [1.165, 1.54) is 0 Å². The SMILES string of the molecule is COCCCn1c(NC(=O)c2cccc(CO)c2)nc2cc(C(=O)N3CCCCC3)cnc21. The van der Waals surface area contributed by atoms with E-state index in [0.29, 0.717) is 53.4 Å². The van der Waals surface area contributed by atoms with Crippen LogP contribution in [-0.4, -0.2) is 63.2 Å². The number of nitrogens with one attached hydrogen (secondary N) is 1. The molecule has 3 aromatic rings. The number of aryl methyl sites for hydroxylation is 1. The molecule has 33 heavy (non-hydrogen) atoms. The number of benzene rings is 1. The maximum absolute atomic E-state index is 12.9. The molecular weight excluding hydrogens is 422 g/mol. The quantitative estimate of drug-likeness (QED) is 0.510. The number of aliphatic hydroxyl groups excluding tert-OH is 1. The van der Waals surface area contributed by atoms with Gasteiger partial charge in [-0.1, -0.05) is 12.1 Å². The largest absolute Gasteiger partial charge is 0.392 e. The van der Waals surface area contributed by atoms with E-state index in [-0.39, 0.29) is 18.4 Å². The Bertz CT molecular complexity index is 1140. The predicted molar refractivity (Wildman–Crippen MR) is 124 cm³/mol. The molecule has 0 aliphatic carbocycles. The van der Waals surface area contributed by atoms with Crippen molar-refractivity contribution in [1.29, 1.82) is 0 Å². The van der Waals surface area contributed by atoms with E-state index in [4.69, 9.17) is 4.74 Å². The maximum Gasteiger partial charge on any atom is 0.257 e. The van der Waals surface area contributed by atoms with Gasteiger partial charge in [0.05, 0.1) is 12.2 Å². The first-order chi connectivity index (χ1) is 16.1. The number of fused-ring (bicyclic) bond motifs is 1. The van der Waals surface area contributed by atoms with Crippen molar-refractivity contribution in [3.05, 3.63) is 53.2 Å². The third-order valence-electron chi connectivity index (χ3n) is 5.80. The Balaban J connectivity index is 1.63. The summed E-state index contributed by atoms with van der Waals surface area (Å²) >= 11 is 0. The summed E-state index contributed by atoms with van der Waals surface area (Å²) in [7, 11) is 1.64. The van der Waals surface area contributed by atoms with Crippen molar-refractivity contribution in [3.63, 3.8) is 0 Å². The molecule has 1 aromatic carbocycles. The van der Waals surface area contributed by atoms with E-state index in [1.54, 1.807) is 43.6 Å². The molecule has 9 nitrogen and oxygen atoms in total. The van der Waals surface area contributed by atoms with Crippen LogP contribution in [0.2, 0.25) is 0 Å². The summed E-state index contributed by atoms with van der Waals surface area (Å²) in [6, 6.07) is 8.54. The molecule has 1 fully saturated rings. The van der Waals surface area contributed by atoms with Crippen LogP contribution in [0.15, 0.2) is 36.5 Å². The van der Waals surface area contributed by atoms with Crippen LogP contribution in [0.4, 0.5) is 5.95 Å². The average molecular weight is 452 g/mol. The van der Waals surface area contributed by atoms with Crippen LogP contribution in [0.1, 0.15) is 52.0 Å². The van der Waals surface area contributed by atoms with Crippen molar-refractivity contribution < 1.29 is 19.4 Å². The van der Waals surface area contributed by atoms with Gasteiger partial charge in [0.15, 0.2) is 5.65 Å². The van der Waals surface area contributed by atoms with Crippen molar-refractivity contribution in [1.82, 2.24) is 19.4 Å². The predicted octanol–water partition coefficient (Wildman–Crippen LogP) is 2.84. The molecule has 9 heteroatoms. The number of methoxy groups -OCH3 is 1. The molecule has 1 aliphatic rings. The van der Waals surface area contributed by atoms with Gasteiger partial charge in [0.25, 0.3) is 11.8 Å². The molecule has 0 unspecified atom stereocenters. The highest BCUT2D eigenvalue weighted by Crippen LogP contribution is 2.22. The lowest BCUT2D eigenvalue weighted by molar-refractivity contribution is 0.0724. The van der Waals surface area contributed by atoms with Crippen LogP contribution < -0.4 is 5.32 Å². The lowest BCUT2D eigenvalue weighted by Gasteiger charge is -2.26. The number of anilines is 1. The van der Waals surface area contributed by atoms with E-state index >= 15 is 0 Å². The number of hydrogen-bond donors (Lipinski definition) is 2. The third kappa shape index (κ3) is 5.20. The number of imidazole rings is 1. The Morgan fingerprint density at radius 1 is 1.15 bits per heavy atom. The number of aromatic nitrogens is 3. The van der Waals surface area contributed by atoms with Gasteiger partial charge in [0.2, 0.25) is 5.95 Å². The van der Waals surface area contributed by atoms with Gasteiger partial charge in [-0.2, -0.15) is 0 Å². The fourth-order valence-corrected chi connectivity index (χ4v) is 4.07. The van der Waals surface area contributed by atoms with Crippen LogP contribution in [-0.2, 0) is 17.9 Å². The summed E-state index contributed by atoms with van der Waals surface area (Å²) in [5.41, 5.74) is 2.72. The molecule has 0 spiro atoms. The fourth-order valence-electron chi connectivity index (χ4n) is 4.07. The minimum atomic E-state index is -0.335. The van der Waals surface area contributed by atoms with E-state index in [0.717, 1.165) is 32.4 Å². The Labute approximate surface area is 192 Å². The second kappa shape index (κ2) is 10.5. The van der Waals surface area contributed by atoms with Crippen LogP contribution in [0.3, 0.4) is 0 Å². The number of nitrogens with zero attached hydrogens (tertiary/aromatic N) is 4. The number of likely N-dealkylation sites (tertiary alicyclic amines) is 1. The number of aliphatic hydroxyl groups is 1. The molecule has 1 aliphatic heterocycles. The molecule has 0 bridgehead atoms. The highest BCUT2D eigenvalue weighted by molar-refractivity contribution is 6.04. The monoisotopic (exact) mass is 451 g/mol. The molecule has 0 atom stereocenters. The van der Waals surface area contributed by atoms with E-state index in [1.807, 2.05) is 9.47 Å². The summed E-state index contributed by atoms with van der Waals surface area (Å²) in [6.07, 6.45) is 5.48. The van der Waals surface area contributed by atoms with Crippen molar-refractivity contribution in [2.75, 3.05) is 32.1 Å². The first-order valence-corrected chi connectivity index (χ1v) is 11.3. The molecule has 174 valence electrons. The van der Waals surface area contributed by atoms with Gasteiger partial charge in [0.1, 0.15) is 5.52 Å². The van der Waals surface area contributed by atoms with Gasteiger partial charge in [-0.3, -0.25) is 19.5 Å². The molecule has 0 saturated carbocycles. The summed E-state index contributed by atoms with van der Waals surface area (Å²) in [5.74, 6) is -0.0155. The Morgan fingerprint density at radius 3 is 2.73 bits per heavy atom. The number of piperidine rings is 1. The van der Waals surface area contributed by atoms with Gasteiger partial charge in [-0.15, -0.1) is 0 Å². The first kappa shape index (κ1) is 22.9. The Morgan fingerprint density at radius 2 is 1.97 bits per heavy atom. The molecule has 4 rings (SSSR count). The minimum Gasteiger partial charge on any atom is -0.392 e. The van der Waals surface area contributed by atoms with Gasteiger partial charge in [-0.25, -0.2) is 9.97 Å². The summed E-state index contributed by atoms with van der Waals surface area (Å²) in [4.78, 5) is 36.8. The number of carbonyl (C=O) groups is 2. The van der Waals surface area contributed by atoms with E-state index in [9.17, 15) is 14.7 Å². The van der Waals surface area contributed by atoms with E-state index < -0.39 is 0 Å². The second-order valence-electron chi connectivity index (χ2n) is 8.17. The number of hydrogen-bond acceptors (Lipinski definition) is 6. The molecule has 2 aromatic heterocycles. The third-order valence-corrected chi connectivity index (χ3v) is 5.80. The summed E-state index contributed by atoms with van der Waals surface area (Å²) in [6.45, 7) is 2.47. The zero-order valence-corrected chi connectivity index (χ0v) is 18.8. The Kier molecular flexibility index (Phi) is 7.31. The van der Waals surface area contributed by atoms with Crippen LogP contribution >= 0.6 is 0 Å². The standard InChI is InChI=1S/C24H29N5O4/c1-33-12-6-11-29-21-20(14-19(15-25-21)23(32)28-9-3-2-4-10-28)26-24(29)27-22(31)18-8-5-7-17(13-18)16-30/h5,7-8,13-15,30H,2-4,6,9-12,16H2,1H3,(H,26,27,31). The molecule has 0 radical (unpaired) electrons. The van der Waals surface area contributed by atoms with E-state index in [2.05, 4.69) is 15.3 Å².